The van der Waals surface area contributed by atoms with Gasteiger partial charge in [0.25, 0.3) is 11.5 Å². The van der Waals surface area contributed by atoms with Crippen LogP contribution in [0.1, 0.15) is 12.5 Å². The van der Waals surface area contributed by atoms with Crippen LogP contribution in [0.15, 0.2) is 94.9 Å². The zero-order valence-electron chi connectivity index (χ0n) is 19.2. The summed E-state index contributed by atoms with van der Waals surface area (Å²) in [6.45, 7) is 1.58. The standard InChI is InChI=1S/C26H21N5O4S/c1-26(17-10-4-2-5-11-17)23(34)31(24(35)28-26)29-21(32)16-36-25-27-20-15-9-8-14-19(20)22(33)30(25)18-12-6-3-7-13-18/h2-15H,16H2,1H3,(H,28,35)(H,29,32). The largest absolute Gasteiger partial charge is 0.344 e. The molecule has 180 valence electrons. The summed E-state index contributed by atoms with van der Waals surface area (Å²) in [6, 6.07) is 24.0. The third-order valence-electron chi connectivity index (χ3n) is 5.87. The number of hydrogen-bond donors (Lipinski definition) is 2. The molecule has 1 unspecified atom stereocenters. The molecule has 1 fully saturated rings. The lowest BCUT2D eigenvalue weighted by molar-refractivity contribution is -0.138. The van der Waals surface area contributed by atoms with Crippen LogP contribution in [0.25, 0.3) is 16.6 Å². The number of nitrogens with zero attached hydrogens (tertiary/aromatic N) is 3. The van der Waals surface area contributed by atoms with Gasteiger partial charge in [-0.2, -0.15) is 5.01 Å². The molecule has 2 N–H and O–H groups in total. The molecule has 10 heteroatoms. The van der Waals surface area contributed by atoms with Gasteiger partial charge < -0.3 is 5.32 Å². The number of benzene rings is 3. The minimum Gasteiger partial charge on any atom is -0.318 e. The monoisotopic (exact) mass is 499 g/mol. The van der Waals surface area contributed by atoms with Gasteiger partial charge in [0.1, 0.15) is 5.54 Å². The van der Waals surface area contributed by atoms with Gasteiger partial charge in [-0.25, -0.2) is 9.78 Å². The first-order chi connectivity index (χ1) is 17.4. The van der Waals surface area contributed by atoms with E-state index in [2.05, 4.69) is 15.7 Å². The Morgan fingerprint density at radius 3 is 2.31 bits per heavy atom. The van der Waals surface area contributed by atoms with Crippen LogP contribution >= 0.6 is 11.8 Å². The highest BCUT2D eigenvalue weighted by atomic mass is 32.2. The lowest BCUT2D eigenvalue weighted by atomic mass is 9.92. The summed E-state index contributed by atoms with van der Waals surface area (Å²) < 4.78 is 1.44. The summed E-state index contributed by atoms with van der Waals surface area (Å²) in [4.78, 5) is 56.2. The first-order valence-electron chi connectivity index (χ1n) is 11.1. The highest BCUT2D eigenvalue weighted by molar-refractivity contribution is 7.99. The van der Waals surface area contributed by atoms with Crippen molar-refractivity contribution in [1.82, 2.24) is 25.3 Å². The minimum absolute atomic E-state index is 0.184. The number of nitrogens with one attached hydrogen (secondary N) is 2. The average molecular weight is 500 g/mol. The molecule has 36 heavy (non-hydrogen) atoms. The zero-order valence-corrected chi connectivity index (χ0v) is 20.0. The maximum atomic E-state index is 13.3. The summed E-state index contributed by atoms with van der Waals surface area (Å²) in [5.74, 6) is -1.37. The first-order valence-corrected chi connectivity index (χ1v) is 12.1. The highest BCUT2D eigenvalue weighted by Gasteiger charge is 2.49. The second-order valence-electron chi connectivity index (χ2n) is 8.27. The second kappa shape index (κ2) is 9.31. The maximum Gasteiger partial charge on any atom is 0.344 e. The Hall–Kier alpha value is -4.44. The Morgan fingerprint density at radius 2 is 1.58 bits per heavy atom. The second-order valence-corrected chi connectivity index (χ2v) is 9.22. The summed E-state index contributed by atoms with van der Waals surface area (Å²) in [6.07, 6.45) is 0. The molecule has 1 atom stereocenters. The van der Waals surface area contributed by atoms with E-state index in [0.717, 1.165) is 11.8 Å². The van der Waals surface area contributed by atoms with Crippen LogP contribution < -0.4 is 16.3 Å². The van der Waals surface area contributed by atoms with Gasteiger partial charge >= 0.3 is 6.03 Å². The first kappa shape index (κ1) is 23.3. The number of rotatable bonds is 6. The molecular weight excluding hydrogens is 478 g/mol. The van der Waals surface area contributed by atoms with E-state index >= 15 is 0 Å². The Balaban J connectivity index is 1.38. The SMILES string of the molecule is CC1(c2ccccc2)NC(=O)N(NC(=O)CSc2nc3ccccc3c(=O)n2-c2ccccc2)C1=O. The van der Waals surface area contributed by atoms with Crippen molar-refractivity contribution in [3.8, 4) is 5.69 Å². The Bertz CT molecular complexity index is 1540. The number of hydrogen-bond acceptors (Lipinski definition) is 6. The van der Waals surface area contributed by atoms with Crippen molar-refractivity contribution in [3.05, 3.63) is 101 Å². The van der Waals surface area contributed by atoms with E-state index in [0.29, 0.717) is 32.3 Å². The fraction of sp³-hybridized carbons (Fsp3) is 0.115. The number of urea groups is 1. The van der Waals surface area contributed by atoms with Crippen molar-refractivity contribution in [2.45, 2.75) is 17.6 Å². The van der Waals surface area contributed by atoms with Crippen LogP contribution in [0.3, 0.4) is 0 Å². The Kier molecular flexibility index (Phi) is 6.03. The van der Waals surface area contributed by atoms with Crippen molar-refractivity contribution in [2.75, 3.05) is 5.75 Å². The average Bonchev–Trinajstić information content (AvgIpc) is 3.12. The van der Waals surface area contributed by atoms with Gasteiger partial charge in [-0.05, 0) is 36.8 Å². The van der Waals surface area contributed by atoms with Crippen LogP contribution in [-0.4, -0.2) is 38.2 Å². The number of carbonyl (C=O) groups is 3. The molecule has 2 heterocycles. The number of imide groups is 1. The number of aromatic nitrogens is 2. The molecule has 1 aliphatic rings. The van der Waals surface area contributed by atoms with E-state index in [4.69, 9.17) is 0 Å². The number of carbonyl (C=O) groups excluding carboxylic acids is 3. The van der Waals surface area contributed by atoms with Gasteiger partial charge in [0.2, 0.25) is 5.91 Å². The molecule has 4 amide bonds. The molecule has 1 saturated heterocycles. The number of amides is 4. The summed E-state index contributed by atoms with van der Waals surface area (Å²) in [5.41, 5.74) is 2.53. The maximum absolute atomic E-state index is 13.3. The molecule has 0 aliphatic carbocycles. The molecule has 1 aromatic heterocycles. The van der Waals surface area contributed by atoms with Crippen molar-refractivity contribution >= 4 is 40.5 Å². The fourth-order valence-electron chi connectivity index (χ4n) is 4.01. The van der Waals surface area contributed by atoms with Crippen molar-refractivity contribution in [2.24, 2.45) is 0 Å². The Labute approximate surface area is 210 Å². The predicted octanol–water partition coefficient (Wildman–Crippen LogP) is 2.98. The van der Waals surface area contributed by atoms with Gasteiger partial charge in [0.05, 0.1) is 22.3 Å². The molecule has 5 rings (SSSR count). The summed E-state index contributed by atoms with van der Waals surface area (Å²) >= 11 is 1.03. The van der Waals surface area contributed by atoms with Crippen LogP contribution in [0.4, 0.5) is 4.79 Å². The highest BCUT2D eigenvalue weighted by Crippen LogP contribution is 2.28. The van der Waals surface area contributed by atoms with Crippen molar-refractivity contribution < 1.29 is 14.4 Å². The topological polar surface area (TPSA) is 113 Å². The van der Waals surface area contributed by atoms with Crippen LogP contribution in [-0.2, 0) is 15.1 Å². The van der Waals surface area contributed by atoms with Crippen molar-refractivity contribution in [1.29, 1.82) is 0 Å². The molecular formula is C26H21N5O4S. The number of para-hydroxylation sites is 2. The smallest absolute Gasteiger partial charge is 0.318 e. The quantitative estimate of drug-likeness (QED) is 0.240. The molecule has 3 aromatic carbocycles. The van der Waals surface area contributed by atoms with E-state index in [1.54, 1.807) is 85.8 Å². The summed E-state index contributed by atoms with van der Waals surface area (Å²) in [5, 5.41) is 4.10. The van der Waals surface area contributed by atoms with Gasteiger partial charge in [0.15, 0.2) is 5.16 Å². The van der Waals surface area contributed by atoms with Crippen LogP contribution in [0, 0.1) is 0 Å². The van der Waals surface area contributed by atoms with Gasteiger partial charge in [-0.3, -0.25) is 24.4 Å². The lowest BCUT2D eigenvalue weighted by Crippen LogP contribution is -2.48. The van der Waals surface area contributed by atoms with E-state index in [-0.39, 0.29) is 11.3 Å². The van der Waals surface area contributed by atoms with Gasteiger partial charge in [0, 0.05) is 0 Å². The molecule has 0 radical (unpaired) electrons. The van der Waals surface area contributed by atoms with E-state index < -0.39 is 23.4 Å². The van der Waals surface area contributed by atoms with Crippen LogP contribution in [0.2, 0.25) is 0 Å². The Morgan fingerprint density at radius 1 is 0.944 bits per heavy atom. The molecule has 9 nitrogen and oxygen atoms in total. The molecule has 0 bridgehead atoms. The number of thioether (sulfide) groups is 1. The fourth-order valence-corrected chi connectivity index (χ4v) is 4.81. The van der Waals surface area contributed by atoms with Gasteiger partial charge in [-0.15, -0.1) is 0 Å². The third kappa shape index (κ3) is 4.11. The summed E-state index contributed by atoms with van der Waals surface area (Å²) in [7, 11) is 0. The van der Waals surface area contributed by atoms with E-state index in [9.17, 15) is 19.2 Å². The normalized spacial score (nSPS) is 17.3. The third-order valence-corrected chi connectivity index (χ3v) is 6.81. The van der Waals surface area contributed by atoms with Crippen LogP contribution in [0.5, 0.6) is 0 Å². The number of hydrazine groups is 1. The minimum atomic E-state index is -1.30. The van der Waals surface area contributed by atoms with Gasteiger partial charge in [-0.1, -0.05) is 72.4 Å². The molecule has 0 spiro atoms. The molecule has 0 saturated carbocycles. The molecule has 4 aromatic rings. The molecule has 1 aliphatic heterocycles. The zero-order chi connectivity index (χ0) is 25.3. The number of fused-ring (bicyclic) bond motifs is 1. The lowest BCUT2D eigenvalue weighted by Gasteiger charge is -2.22. The predicted molar refractivity (Wildman–Crippen MR) is 135 cm³/mol. The van der Waals surface area contributed by atoms with Crippen molar-refractivity contribution in [3.63, 3.8) is 0 Å². The van der Waals surface area contributed by atoms with E-state index in [1.165, 1.54) is 4.57 Å². The van der Waals surface area contributed by atoms with E-state index in [1.807, 2.05) is 6.07 Å².